The second-order valence-corrected chi connectivity index (χ2v) is 5.37. The summed E-state index contributed by atoms with van der Waals surface area (Å²) < 4.78 is 5.07. The molecule has 1 unspecified atom stereocenters. The van der Waals surface area contributed by atoms with Gasteiger partial charge in [-0.2, -0.15) is 0 Å². The standard InChI is InChI=1S/C14H16BrNO/c1-17-9-8-12(15)10-13-7-6-11-4-2-3-5-14(11)16-13/h2-7,12H,8-10H2,1H3. The van der Waals surface area contributed by atoms with Crippen molar-refractivity contribution in [1.82, 2.24) is 4.98 Å². The minimum absolute atomic E-state index is 0.427. The molecule has 2 nitrogen and oxygen atoms in total. The molecule has 1 atom stereocenters. The van der Waals surface area contributed by atoms with Crippen LogP contribution in [0, 0.1) is 0 Å². The van der Waals surface area contributed by atoms with Crippen LogP contribution >= 0.6 is 15.9 Å². The maximum atomic E-state index is 5.07. The third kappa shape index (κ3) is 3.51. The maximum Gasteiger partial charge on any atom is 0.0705 e. The first kappa shape index (κ1) is 12.5. The van der Waals surface area contributed by atoms with Gasteiger partial charge in [0.2, 0.25) is 0 Å². The molecular weight excluding hydrogens is 278 g/mol. The van der Waals surface area contributed by atoms with Gasteiger partial charge in [0.05, 0.1) is 5.52 Å². The molecule has 0 amide bonds. The van der Waals surface area contributed by atoms with E-state index in [2.05, 4.69) is 45.2 Å². The summed E-state index contributed by atoms with van der Waals surface area (Å²) in [6.45, 7) is 0.781. The Morgan fingerprint density at radius 1 is 1.24 bits per heavy atom. The first-order valence-electron chi connectivity index (χ1n) is 5.77. The Morgan fingerprint density at radius 3 is 2.88 bits per heavy atom. The van der Waals surface area contributed by atoms with Crippen LogP contribution in [0.15, 0.2) is 36.4 Å². The van der Waals surface area contributed by atoms with Crippen LogP contribution in [0.2, 0.25) is 0 Å². The molecular formula is C14H16BrNO. The number of aromatic nitrogens is 1. The SMILES string of the molecule is COCCC(Br)Cc1ccc2ccccc2n1. The topological polar surface area (TPSA) is 22.1 Å². The minimum atomic E-state index is 0.427. The lowest BCUT2D eigenvalue weighted by Crippen LogP contribution is -2.07. The van der Waals surface area contributed by atoms with E-state index in [1.807, 2.05) is 12.1 Å². The first-order valence-corrected chi connectivity index (χ1v) is 6.69. The summed E-state index contributed by atoms with van der Waals surface area (Å²) in [5.74, 6) is 0. The molecule has 1 aromatic heterocycles. The van der Waals surface area contributed by atoms with Gasteiger partial charge in [0.15, 0.2) is 0 Å². The van der Waals surface area contributed by atoms with Crippen LogP contribution in [-0.2, 0) is 11.2 Å². The van der Waals surface area contributed by atoms with Gasteiger partial charge in [-0.25, -0.2) is 0 Å². The molecule has 0 aliphatic carbocycles. The van der Waals surface area contributed by atoms with Crippen molar-refractivity contribution in [2.45, 2.75) is 17.7 Å². The molecule has 0 N–H and O–H groups in total. The Bertz CT molecular complexity index is 486. The molecule has 3 heteroatoms. The first-order chi connectivity index (χ1) is 8.29. The largest absolute Gasteiger partial charge is 0.385 e. The third-order valence-electron chi connectivity index (χ3n) is 2.72. The number of pyridine rings is 1. The fraction of sp³-hybridized carbons (Fsp3) is 0.357. The van der Waals surface area contributed by atoms with Gasteiger partial charge in [0.25, 0.3) is 0 Å². The molecule has 2 aromatic rings. The number of nitrogens with zero attached hydrogens (tertiary/aromatic N) is 1. The van der Waals surface area contributed by atoms with Crippen LogP contribution in [0.4, 0.5) is 0 Å². The van der Waals surface area contributed by atoms with Crippen molar-refractivity contribution in [3.05, 3.63) is 42.1 Å². The van der Waals surface area contributed by atoms with Gasteiger partial charge in [-0.15, -0.1) is 0 Å². The fourth-order valence-electron chi connectivity index (χ4n) is 1.80. The average Bonchev–Trinajstić information content (AvgIpc) is 2.36. The molecule has 2 rings (SSSR count). The van der Waals surface area contributed by atoms with Crippen molar-refractivity contribution in [1.29, 1.82) is 0 Å². The number of methoxy groups -OCH3 is 1. The normalized spacial score (nSPS) is 12.8. The molecule has 0 saturated heterocycles. The van der Waals surface area contributed by atoms with Gasteiger partial charge in [-0.1, -0.05) is 40.2 Å². The van der Waals surface area contributed by atoms with Crippen LogP contribution in [-0.4, -0.2) is 23.5 Å². The monoisotopic (exact) mass is 293 g/mol. The summed E-state index contributed by atoms with van der Waals surface area (Å²) in [7, 11) is 1.73. The Morgan fingerprint density at radius 2 is 2.06 bits per heavy atom. The fourth-order valence-corrected chi connectivity index (χ4v) is 2.32. The van der Waals surface area contributed by atoms with E-state index >= 15 is 0 Å². The van der Waals surface area contributed by atoms with Gasteiger partial charge in [0.1, 0.15) is 0 Å². The van der Waals surface area contributed by atoms with E-state index in [1.54, 1.807) is 7.11 Å². The number of para-hydroxylation sites is 1. The molecule has 0 saturated carbocycles. The minimum Gasteiger partial charge on any atom is -0.385 e. The summed E-state index contributed by atoms with van der Waals surface area (Å²) >= 11 is 3.66. The number of benzene rings is 1. The highest BCUT2D eigenvalue weighted by Crippen LogP contribution is 2.16. The van der Waals surface area contributed by atoms with Gasteiger partial charge in [-0.3, -0.25) is 4.98 Å². The number of fused-ring (bicyclic) bond motifs is 1. The summed E-state index contributed by atoms with van der Waals surface area (Å²) in [6.07, 6.45) is 1.94. The quantitative estimate of drug-likeness (QED) is 0.786. The second kappa shape index (κ2) is 6.12. The predicted molar refractivity (Wildman–Crippen MR) is 74.7 cm³/mol. The van der Waals surface area contributed by atoms with E-state index in [0.717, 1.165) is 30.7 Å². The summed E-state index contributed by atoms with van der Waals surface area (Å²) in [4.78, 5) is 5.08. The Hall–Kier alpha value is -0.930. The number of halogens is 1. The van der Waals surface area contributed by atoms with Gasteiger partial charge in [0, 0.05) is 36.0 Å². The van der Waals surface area contributed by atoms with Crippen molar-refractivity contribution in [2.75, 3.05) is 13.7 Å². The molecule has 0 spiro atoms. The molecule has 17 heavy (non-hydrogen) atoms. The molecule has 0 bridgehead atoms. The Balaban J connectivity index is 2.08. The smallest absolute Gasteiger partial charge is 0.0705 e. The number of alkyl halides is 1. The zero-order valence-electron chi connectivity index (χ0n) is 9.90. The molecule has 0 fully saturated rings. The van der Waals surface area contributed by atoms with E-state index in [0.29, 0.717) is 4.83 Å². The van der Waals surface area contributed by atoms with E-state index < -0.39 is 0 Å². The van der Waals surface area contributed by atoms with Crippen LogP contribution in [0.5, 0.6) is 0 Å². The predicted octanol–water partition coefficient (Wildman–Crippen LogP) is 3.58. The van der Waals surface area contributed by atoms with Crippen LogP contribution in [0.25, 0.3) is 10.9 Å². The van der Waals surface area contributed by atoms with Crippen molar-refractivity contribution < 1.29 is 4.74 Å². The Labute approximate surface area is 110 Å². The van der Waals surface area contributed by atoms with E-state index in [4.69, 9.17) is 4.74 Å². The van der Waals surface area contributed by atoms with Gasteiger partial charge < -0.3 is 4.74 Å². The Kier molecular flexibility index (Phi) is 4.51. The lowest BCUT2D eigenvalue weighted by atomic mass is 10.1. The molecule has 90 valence electrons. The van der Waals surface area contributed by atoms with Gasteiger partial charge in [-0.05, 0) is 18.6 Å². The number of ether oxygens (including phenoxy) is 1. The van der Waals surface area contributed by atoms with E-state index in [-0.39, 0.29) is 0 Å². The van der Waals surface area contributed by atoms with Crippen LogP contribution in [0.3, 0.4) is 0 Å². The van der Waals surface area contributed by atoms with E-state index in [1.165, 1.54) is 5.39 Å². The molecule has 0 aliphatic rings. The van der Waals surface area contributed by atoms with E-state index in [9.17, 15) is 0 Å². The second-order valence-electron chi connectivity index (χ2n) is 4.08. The maximum absolute atomic E-state index is 5.07. The molecule has 1 aromatic carbocycles. The third-order valence-corrected chi connectivity index (χ3v) is 3.50. The summed E-state index contributed by atoms with van der Waals surface area (Å²) in [5.41, 5.74) is 2.19. The zero-order chi connectivity index (χ0) is 12.1. The number of hydrogen-bond acceptors (Lipinski definition) is 2. The van der Waals surface area contributed by atoms with Crippen molar-refractivity contribution >= 4 is 26.8 Å². The number of rotatable bonds is 5. The molecule has 0 aliphatic heterocycles. The van der Waals surface area contributed by atoms with Gasteiger partial charge >= 0.3 is 0 Å². The highest BCUT2D eigenvalue weighted by molar-refractivity contribution is 9.09. The lowest BCUT2D eigenvalue weighted by Gasteiger charge is -2.09. The molecule has 0 radical (unpaired) electrons. The lowest BCUT2D eigenvalue weighted by molar-refractivity contribution is 0.194. The van der Waals surface area contributed by atoms with Crippen LogP contribution in [0.1, 0.15) is 12.1 Å². The van der Waals surface area contributed by atoms with Crippen molar-refractivity contribution in [3.63, 3.8) is 0 Å². The van der Waals surface area contributed by atoms with Crippen molar-refractivity contribution in [3.8, 4) is 0 Å². The van der Waals surface area contributed by atoms with Crippen molar-refractivity contribution in [2.24, 2.45) is 0 Å². The van der Waals surface area contributed by atoms with Crippen LogP contribution < -0.4 is 0 Å². The number of hydrogen-bond donors (Lipinski definition) is 0. The highest BCUT2D eigenvalue weighted by Gasteiger charge is 2.06. The zero-order valence-corrected chi connectivity index (χ0v) is 11.5. The summed E-state index contributed by atoms with van der Waals surface area (Å²) in [5, 5.41) is 1.19. The summed E-state index contributed by atoms with van der Waals surface area (Å²) in [6, 6.07) is 12.4. The highest BCUT2D eigenvalue weighted by atomic mass is 79.9. The molecule has 1 heterocycles. The average molecular weight is 294 g/mol.